The molecule has 3 fully saturated rings. The lowest BCUT2D eigenvalue weighted by molar-refractivity contribution is 0.0447. The highest BCUT2D eigenvalue weighted by atomic mass is 19.1. The minimum Gasteiger partial charge on any atom is -0.508 e. The highest BCUT2D eigenvalue weighted by molar-refractivity contribution is 6.01. The fourth-order valence-electron chi connectivity index (χ4n) is 7.55. The molecule has 0 amide bonds. The van der Waals surface area contributed by atoms with Crippen molar-refractivity contribution in [2.24, 2.45) is 0 Å². The number of aromatic nitrogens is 3. The molecule has 1 unspecified atom stereocenters. The zero-order valence-electron chi connectivity index (χ0n) is 24.4. The van der Waals surface area contributed by atoms with Gasteiger partial charge in [-0.15, -0.1) is 0 Å². The maximum Gasteiger partial charge on any atom is 0.319 e. The van der Waals surface area contributed by atoms with Crippen LogP contribution in [0.15, 0.2) is 36.5 Å². The number of aromatic hydroxyl groups is 1. The first-order chi connectivity index (χ1) is 20.2. The van der Waals surface area contributed by atoms with Crippen LogP contribution in [0.5, 0.6) is 11.8 Å². The van der Waals surface area contributed by atoms with Crippen molar-refractivity contribution in [2.45, 2.75) is 69.9 Å². The quantitative estimate of drug-likeness (QED) is 0.308. The Labute approximate surface area is 245 Å². The van der Waals surface area contributed by atoms with Gasteiger partial charge in [-0.25, -0.2) is 4.39 Å². The molecule has 2 N–H and O–H groups in total. The van der Waals surface area contributed by atoms with E-state index in [-0.39, 0.29) is 17.1 Å². The Kier molecular flexibility index (Phi) is 6.70. The minimum absolute atomic E-state index is 0.0534. The van der Waals surface area contributed by atoms with Crippen LogP contribution in [-0.2, 0) is 6.42 Å². The summed E-state index contributed by atoms with van der Waals surface area (Å²) in [5.41, 5.74) is 1.71. The lowest BCUT2D eigenvalue weighted by atomic mass is 9.94. The number of fused-ring (bicyclic) bond motifs is 3. The van der Waals surface area contributed by atoms with E-state index in [4.69, 9.17) is 19.7 Å². The number of aryl methyl sites for hydroxylation is 1. The van der Waals surface area contributed by atoms with Crippen molar-refractivity contribution in [1.29, 1.82) is 0 Å². The van der Waals surface area contributed by atoms with Gasteiger partial charge in [0.05, 0.1) is 27.7 Å². The molecule has 5 heterocycles. The summed E-state index contributed by atoms with van der Waals surface area (Å²) in [6, 6.07) is 8.63. The first-order valence-corrected chi connectivity index (χ1v) is 15.2. The third kappa shape index (κ3) is 4.72. The van der Waals surface area contributed by atoms with E-state index in [9.17, 15) is 14.6 Å². The van der Waals surface area contributed by atoms with Crippen LogP contribution in [0, 0.1) is 5.82 Å². The molecule has 2 aromatic carbocycles. The molecule has 7 rings (SSSR count). The van der Waals surface area contributed by atoms with Crippen LogP contribution in [0.25, 0.3) is 32.9 Å². The average molecular weight is 572 g/mol. The molecular formula is C33H38FN5O3. The van der Waals surface area contributed by atoms with Crippen molar-refractivity contribution in [3.05, 3.63) is 47.9 Å². The summed E-state index contributed by atoms with van der Waals surface area (Å²) in [4.78, 5) is 19.2. The Morgan fingerprint density at radius 2 is 1.81 bits per heavy atom. The summed E-state index contributed by atoms with van der Waals surface area (Å²) in [5, 5.41) is 23.7. The Bertz CT molecular complexity index is 1670. The Morgan fingerprint density at radius 3 is 2.57 bits per heavy atom. The average Bonchev–Trinajstić information content (AvgIpc) is 3.55. The van der Waals surface area contributed by atoms with Crippen LogP contribution in [0.1, 0.15) is 57.9 Å². The summed E-state index contributed by atoms with van der Waals surface area (Å²) in [5.74, 6) is 0.512. The summed E-state index contributed by atoms with van der Waals surface area (Å²) < 4.78 is 21.3. The van der Waals surface area contributed by atoms with Crippen LogP contribution in [0.4, 0.5) is 10.2 Å². The molecule has 3 saturated heterocycles. The Balaban J connectivity index is 1.35. The Hall–Kier alpha value is -3.56. The second kappa shape index (κ2) is 10.3. The SMILES string of the molecule is CCc1c(F)ccc2cc(O)cc(-c3cc4nc(OCC56CCCN5CCC6)nc(N5CCCC(C)(O)C5)c4cn3)c12. The van der Waals surface area contributed by atoms with Gasteiger partial charge >= 0.3 is 6.01 Å². The zero-order valence-corrected chi connectivity index (χ0v) is 24.4. The van der Waals surface area contributed by atoms with Crippen molar-refractivity contribution in [2.75, 3.05) is 37.7 Å². The summed E-state index contributed by atoms with van der Waals surface area (Å²) in [7, 11) is 0. The maximum absolute atomic E-state index is 14.9. The van der Waals surface area contributed by atoms with Crippen LogP contribution < -0.4 is 9.64 Å². The number of β-amino-alcohol motifs (C(OH)–C–C–N with tert-alkyl or cyclic N) is 1. The third-order valence-electron chi connectivity index (χ3n) is 9.58. The largest absolute Gasteiger partial charge is 0.508 e. The van der Waals surface area contributed by atoms with Crippen LogP contribution in [0.2, 0.25) is 0 Å². The van der Waals surface area contributed by atoms with Gasteiger partial charge in [0.15, 0.2) is 0 Å². The van der Waals surface area contributed by atoms with Crippen molar-refractivity contribution in [1.82, 2.24) is 19.9 Å². The van der Waals surface area contributed by atoms with Gasteiger partial charge in [-0.2, -0.15) is 9.97 Å². The molecule has 8 nitrogen and oxygen atoms in total. The molecule has 4 aromatic rings. The normalized spacial score (nSPS) is 22.2. The molecule has 1 atom stereocenters. The number of ether oxygens (including phenoxy) is 1. The number of hydrogen-bond donors (Lipinski definition) is 2. The number of pyridine rings is 1. The lowest BCUT2D eigenvalue weighted by Crippen LogP contribution is -2.46. The van der Waals surface area contributed by atoms with Gasteiger partial charge in [0, 0.05) is 24.8 Å². The Morgan fingerprint density at radius 1 is 1.02 bits per heavy atom. The minimum atomic E-state index is -0.821. The number of piperidine rings is 1. The number of nitrogens with zero attached hydrogens (tertiary/aromatic N) is 5. The van der Waals surface area contributed by atoms with E-state index < -0.39 is 5.60 Å². The summed E-state index contributed by atoms with van der Waals surface area (Å²) in [6.07, 6.45) is 8.45. The molecule has 3 aliphatic rings. The van der Waals surface area contributed by atoms with Crippen molar-refractivity contribution < 1.29 is 19.3 Å². The van der Waals surface area contributed by atoms with Gasteiger partial charge in [0.2, 0.25) is 0 Å². The van der Waals surface area contributed by atoms with E-state index in [2.05, 4.69) is 9.80 Å². The van der Waals surface area contributed by atoms with Crippen molar-refractivity contribution in [3.63, 3.8) is 0 Å². The summed E-state index contributed by atoms with van der Waals surface area (Å²) >= 11 is 0. The fourth-order valence-corrected chi connectivity index (χ4v) is 7.55. The number of phenolic OH excluding ortho intramolecular Hbond substituents is 1. The van der Waals surface area contributed by atoms with E-state index in [1.165, 1.54) is 18.9 Å². The number of rotatable bonds is 6. The van der Waals surface area contributed by atoms with Gasteiger partial charge in [-0.05, 0) is 106 Å². The molecule has 3 aliphatic heterocycles. The molecule has 2 aromatic heterocycles. The molecule has 0 bridgehead atoms. The van der Waals surface area contributed by atoms with Crippen LogP contribution in [-0.4, -0.2) is 74.0 Å². The number of halogens is 1. The molecule has 9 heteroatoms. The van der Waals surface area contributed by atoms with E-state index in [1.54, 1.807) is 24.4 Å². The number of aliphatic hydroxyl groups is 1. The molecule has 42 heavy (non-hydrogen) atoms. The monoisotopic (exact) mass is 571 g/mol. The van der Waals surface area contributed by atoms with E-state index in [0.717, 1.165) is 61.5 Å². The van der Waals surface area contributed by atoms with Crippen LogP contribution in [0.3, 0.4) is 0 Å². The fraction of sp³-hybridized carbons (Fsp3) is 0.485. The molecular weight excluding hydrogens is 533 g/mol. The standard InChI is InChI=1S/C33H38FN5O3/c1-3-23-26(34)8-7-21-15-22(40)16-24(29(21)23)27-17-28-25(18-35-27)30(38-12-4-9-32(2,41)19-38)37-31(36-28)42-20-33-10-5-13-39(33)14-6-11-33/h7-8,15-18,40-41H,3-6,9-14,19-20H2,1-2H3. The second-order valence-corrected chi connectivity index (χ2v) is 12.6. The predicted molar refractivity (Wildman–Crippen MR) is 162 cm³/mol. The van der Waals surface area contributed by atoms with Crippen molar-refractivity contribution in [3.8, 4) is 23.0 Å². The summed E-state index contributed by atoms with van der Waals surface area (Å²) in [6.45, 7) is 7.78. The molecule has 0 radical (unpaired) electrons. The van der Waals surface area contributed by atoms with Gasteiger partial charge < -0.3 is 19.8 Å². The molecule has 0 saturated carbocycles. The number of benzene rings is 2. The van der Waals surface area contributed by atoms with E-state index in [1.807, 2.05) is 19.9 Å². The number of anilines is 1. The highest BCUT2D eigenvalue weighted by Gasteiger charge is 2.45. The van der Waals surface area contributed by atoms with Gasteiger partial charge in [0.1, 0.15) is 24.0 Å². The lowest BCUT2D eigenvalue weighted by Gasteiger charge is -2.38. The third-order valence-corrected chi connectivity index (χ3v) is 9.58. The smallest absolute Gasteiger partial charge is 0.319 e. The first-order valence-electron chi connectivity index (χ1n) is 15.2. The topological polar surface area (TPSA) is 94.8 Å². The van der Waals surface area contributed by atoms with Gasteiger partial charge in [-0.3, -0.25) is 9.88 Å². The van der Waals surface area contributed by atoms with Gasteiger partial charge in [0.25, 0.3) is 0 Å². The molecule has 220 valence electrons. The zero-order chi connectivity index (χ0) is 29.1. The predicted octanol–water partition coefficient (Wildman–Crippen LogP) is 5.61. The molecule has 0 aliphatic carbocycles. The van der Waals surface area contributed by atoms with E-state index >= 15 is 0 Å². The maximum atomic E-state index is 14.9. The van der Waals surface area contributed by atoms with Crippen molar-refractivity contribution >= 4 is 27.5 Å². The highest BCUT2D eigenvalue weighted by Crippen LogP contribution is 2.40. The number of phenols is 1. The second-order valence-electron chi connectivity index (χ2n) is 12.6. The van der Waals surface area contributed by atoms with Gasteiger partial charge in [-0.1, -0.05) is 13.0 Å². The molecule has 0 spiro atoms. The first kappa shape index (κ1) is 27.3. The number of hydrogen-bond acceptors (Lipinski definition) is 8. The van der Waals surface area contributed by atoms with Crippen LogP contribution >= 0.6 is 0 Å². The van der Waals surface area contributed by atoms with E-state index in [0.29, 0.717) is 53.7 Å².